The van der Waals surface area contributed by atoms with Crippen LogP contribution in [0.3, 0.4) is 0 Å². The molecule has 0 radical (unpaired) electrons. The van der Waals surface area contributed by atoms with Crippen LogP contribution in [-0.4, -0.2) is 16.5 Å². The largest absolute Gasteiger partial charge is 0.383 e. The van der Waals surface area contributed by atoms with Crippen LogP contribution in [-0.2, 0) is 0 Å². The first kappa shape index (κ1) is 13.6. The Morgan fingerprint density at radius 3 is 2.63 bits per heavy atom. The first-order chi connectivity index (χ1) is 9.08. The Morgan fingerprint density at radius 2 is 2.05 bits per heavy atom. The van der Waals surface area contributed by atoms with Crippen molar-refractivity contribution >= 4 is 17.6 Å². The number of nitrogens with two attached hydrogens (primary N) is 2. The molecule has 0 amide bonds. The fourth-order valence-electron chi connectivity index (χ4n) is 1.68. The van der Waals surface area contributed by atoms with Gasteiger partial charge in [0.1, 0.15) is 5.82 Å². The molecule has 100 valence electrons. The van der Waals surface area contributed by atoms with Crippen molar-refractivity contribution in [3.63, 3.8) is 0 Å². The zero-order valence-corrected chi connectivity index (χ0v) is 11.4. The number of anilines is 1. The van der Waals surface area contributed by atoms with Crippen LogP contribution in [0.1, 0.15) is 16.4 Å². The third-order valence-electron chi connectivity index (χ3n) is 2.66. The van der Waals surface area contributed by atoms with Crippen molar-refractivity contribution in [2.24, 2.45) is 5.73 Å². The molecule has 0 aliphatic rings. The van der Waals surface area contributed by atoms with Crippen molar-refractivity contribution in [1.29, 1.82) is 0 Å². The first-order valence-corrected chi connectivity index (χ1v) is 6.76. The van der Waals surface area contributed by atoms with E-state index in [2.05, 4.69) is 9.97 Å². The van der Waals surface area contributed by atoms with Gasteiger partial charge in [0, 0.05) is 17.9 Å². The molecule has 0 spiro atoms. The van der Waals surface area contributed by atoms with Crippen molar-refractivity contribution in [1.82, 2.24) is 9.97 Å². The molecule has 0 aliphatic carbocycles. The lowest BCUT2D eigenvalue weighted by Crippen LogP contribution is -2.13. The second-order valence-corrected chi connectivity index (χ2v) is 5.42. The molecular formula is C13H16N4OS. The van der Waals surface area contributed by atoms with E-state index in [1.807, 2.05) is 31.2 Å². The molecule has 5 N–H and O–H groups in total. The van der Waals surface area contributed by atoms with Crippen LogP contribution in [0.2, 0.25) is 0 Å². The third kappa shape index (κ3) is 3.59. The number of aromatic nitrogens is 2. The summed E-state index contributed by atoms with van der Waals surface area (Å²) in [5, 5.41) is 0.520. The maximum Gasteiger partial charge on any atom is 0.253 e. The molecule has 5 nitrogen and oxygen atoms in total. The van der Waals surface area contributed by atoms with E-state index < -0.39 is 0 Å². The lowest BCUT2D eigenvalue weighted by Gasteiger charge is -2.14. The molecule has 6 heteroatoms. The molecule has 0 aliphatic heterocycles. The first-order valence-electron chi connectivity index (χ1n) is 5.88. The Bertz CT molecular complexity index is 609. The number of nitrogens with zero attached hydrogens (tertiary/aromatic N) is 1. The standard InChI is InChI=1S/C13H16N4OS/c1-8-2-4-9(5-3-8)10(7-14)19-13-16-11(15)6-12(18)17-13/h2-6,10H,7,14H2,1H3,(H3,15,16,17,18). The smallest absolute Gasteiger partial charge is 0.253 e. The molecule has 0 fully saturated rings. The summed E-state index contributed by atoms with van der Waals surface area (Å²) in [6.45, 7) is 2.48. The summed E-state index contributed by atoms with van der Waals surface area (Å²) in [6, 6.07) is 9.39. The maximum absolute atomic E-state index is 11.3. The number of aromatic amines is 1. The van der Waals surface area contributed by atoms with Crippen molar-refractivity contribution in [3.05, 3.63) is 51.8 Å². The summed E-state index contributed by atoms with van der Waals surface area (Å²) in [6.07, 6.45) is 0. The minimum absolute atomic E-state index is 0.0329. The summed E-state index contributed by atoms with van der Waals surface area (Å²) in [5.41, 5.74) is 13.4. The zero-order chi connectivity index (χ0) is 13.8. The lowest BCUT2D eigenvalue weighted by atomic mass is 10.1. The minimum atomic E-state index is -0.255. The number of hydrogen-bond acceptors (Lipinski definition) is 5. The summed E-state index contributed by atoms with van der Waals surface area (Å²) >= 11 is 1.40. The highest BCUT2D eigenvalue weighted by molar-refractivity contribution is 7.99. The number of nitrogens with one attached hydrogen (secondary N) is 1. The van der Waals surface area contributed by atoms with E-state index in [9.17, 15) is 4.79 Å². The molecule has 1 atom stereocenters. The molecule has 0 saturated heterocycles. The van der Waals surface area contributed by atoms with E-state index >= 15 is 0 Å². The zero-order valence-electron chi connectivity index (χ0n) is 10.6. The fraction of sp³-hybridized carbons (Fsp3) is 0.231. The van der Waals surface area contributed by atoms with Crippen LogP contribution in [0.4, 0.5) is 5.82 Å². The van der Waals surface area contributed by atoms with Gasteiger partial charge in [0.05, 0.1) is 0 Å². The van der Waals surface area contributed by atoms with E-state index in [0.29, 0.717) is 11.7 Å². The van der Waals surface area contributed by atoms with Gasteiger partial charge in [-0.05, 0) is 12.5 Å². The lowest BCUT2D eigenvalue weighted by molar-refractivity contribution is 0.901. The monoisotopic (exact) mass is 276 g/mol. The molecule has 1 unspecified atom stereocenters. The molecule has 19 heavy (non-hydrogen) atoms. The van der Waals surface area contributed by atoms with Gasteiger partial charge in [0.15, 0.2) is 5.16 Å². The summed E-state index contributed by atoms with van der Waals surface area (Å²) in [7, 11) is 0. The van der Waals surface area contributed by atoms with Gasteiger partial charge in [-0.15, -0.1) is 0 Å². The van der Waals surface area contributed by atoms with Gasteiger partial charge in [0.25, 0.3) is 5.56 Å². The van der Waals surface area contributed by atoms with Crippen molar-refractivity contribution in [2.45, 2.75) is 17.3 Å². The number of benzene rings is 1. The van der Waals surface area contributed by atoms with Gasteiger partial charge < -0.3 is 16.5 Å². The Balaban J connectivity index is 2.23. The van der Waals surface area contributed by atoms with Crippen LogP contribution in [0.25, 0.3) is 0 Å². The Kier molecular flexibility index (Phi) is 4.24. The summed E-state index contributed by atoms with van der Waals surface area (Å²) in [5.74, 6) is 0.214. The molecule has 1 aromatic carbocycles. The predicted octanol–water partition coefficient (Wildman–Crippen LogP) is 1.45. The van der Waals surface area contributed by atoms with Crippen molar-refractivity contribution in [2.75, 3.05) is 12.3 Å². The molecule has 0 saturated carbocycles. The van der Waals surface area contributed by atoms with Crippen LogP contribution >= 0.6 is 11.8 Å². The van der Waals surface area contributed by atoms with Gasteiger partial charge in [-0.1, -0.05) is 41.6 Å². The normalized spacial score (nSPS) is 12.3. The van der Waals surface area contributed by atoms with E-state index in [0.717, 1.165) is 5.56 Å². The van der Waals surface area contributed by atoms with Gasteiger partial charge in [-0.2, -0.15) is 0 Å². The number of thioether (sulfide) groups is 1. The van der Waals surface area contributed by atoms with Crippen molar-refractivity contribution in [3.8, 4) is 0 Å². The number of H-pyrrole nitrogens is 1. The van der Waals surface area contributed by atoms with Crippen LogP contribution in [0.15, 0.2) is 40.3 Å². The fourth-order valence-corrected chi connectivity index (χ4v) is 2.65. The Morgan fingerprint density at radius 1 is 1.37 bits per heavy atom. The molecule has 2 rings (SSSR count). The number of aryl methyl sites for hydroxylation is 1. The summed E-state index contributed by atoms with van der Waals surface area (Å²) < 4.78 is 0. The maximum atomic E-state index is 11.3. The number of nitrogen functional groups attached to an aromatic ring is 1. The van der Waals surface area contributed by atoms with Gasteiger partial charge >= 0.3 is 0 Å². The molecule has 1 heterocycles. The van der Waals surface area contributed by atoms with Crippen LogP contribution in [0.5, 0.6) is 0 Å². The van der Waals surface area contributed by atoms with E-state index in [4.69, 9.17) is 11.5 Å². The minimum Gasteiger partial charge on any atom is -0.383 e. The Hall–Kier alpha value is -1.79. The molecule has 0 bridgehead atoms. The SMILES string of the molecule is Cc1ccc(C(CN)Sc2nc(N)cc(=O)[nH]2)cc1. The highest BCUT2D eigenvalue weighted by Gasteiger charge is 2.13. The molecule has 1 aromatic heterocycles. The van der Waals surface area contributed by atoms with Crippen molar-refractivity contribution < 1.29 is 0 Å². The quantitative estimate of drug-likeness (QED) is 0.580. The second kappa shape index (κ2) is 5.90. The van der Waals surface area contributed by atoms with Crippen LogP contribution < -0.4 is 17.0 Å². The molecular weight excluding hydrogens is 260 g/mol. The van der Waals surface area contributed by atoms with Gasteiger partial charge in [-0.3, -0.25) is 4.79 Å². The Labute approximate surface area is 115 Å². The van der Waals surface area contributed by atoms with Crippen LogP contribution in [0, 0.1) is 6.92 Å². The van der Waals surface area contributed by atoms with E-state index in [1.165, 1.54) is 23.4 Å². The topological polar surface area (TPSA) is 97.8 Å². The van der Waals surface area contributed by atoms with E-state index in [1.54, 1.807) is 0 Å². The third-order valence-corrected chi connectivity index (χ3v) is 3.82. The molecule has 2 aromatic rings. The highest BCUT2D eigenvalue weighted by atomic mass is 32.2. The predicted molar refractivity (Wildman–Crippen MR) is 78.1 cm³/mol. The summed E-state index contributed by atoms with van der Waals surface area (Å²) in [4.78, 5) is 18.1. The van der Waals surface area contributed by atoms with Gasteiger partial charge in [0.2, 0.25) is 0 Å². The second-order valence-electron chi connectivity index (χ2n) is 4.23. The van der Waals surface area contributed by atoms with E-state index in [-0.39, 0.29) is 16.6 Å². The average Bonchev–Trinajstić information content (AvgIpc) is 2.36. The van der Waals surface area contributed by atoms with Gasteiger partial charge in [-0.25, -0.2) is 4.98 Å². The highest BCUT2D eigenvalue weighted by Crippen LogP contribution is 2.32. The number of hydrogen-bond donors (Lipinski definition) is 3. The average molecular weight is 276 g/mol. The number of rotatable bonds is 4.